The molecule has 0 aliphatic rings. The fraction of sp³-hybridized carbons (Fsp3) is 0.318. The molecule has 2 amide bonds. The first-order chi connectivity index (χ1) is 13.5. The van der Waals surface area contributed by atoms with E-state index < -0.39 is 11.4 Å². The van der Waals surface area contributed by atoms with Gasteiger partial charge in [0.1, 0.15) is 5.41 Å². The van der Waals surface area contributed by atoms with Gasteiger partial charge in [0.15, 0.2) is 0 Å². The minimum atomic E-state index is -1.17. The van der Waals surface area contributed by atoms with Crippen molar-refractivity contribution >= 4 is 17.8 Å². The Bertz CT molecular complexity index is 793. The van der Waals surface area contributed by atoms with Gasteiger partial charge in [-0.15, -0.1) is 0 Å². The van der Waals surface area contributed by atoms with Crippen LogP contribution in [-0.4, -0.2) is 36.0 Å². The third kappa shape index (κ3) is 5.67. The van der Waals surface area contributed by atoms with E-state index in [4.69, 9.17) is 0 Å². The Morgan fingerprint density at radius 3 is 2.07 bits per heavy atom. The van der Waals surface area contributed by atoms with Gasteiger partial charge in [-0.25, -0.2) is 0 Å². The molecule has 3 N–H and O–H groups in total. The van der Waals surface area contributed by atoms with E-state index in [9.17, 15) is 19.5 Å². The minimum Gasteiger partial charge on any atom is -0.481 e. The molecule has 0 spiro atoms. The van der Waals surface area contributed by atoms with Crippen molar-refractivity contribution in [3.05, 3.63) is 71.8 Å². The van der Waals surface area contributed by atoms with Crippen LogP contribution in [0.1, 0.15) is 30.9 Å². The van der Waals surface area contributed by atoms with E-state index in [1.54, 1.807) is 31.2 Å². The first-order valence-corrected chi connectivity index (χ1v) is 9.34. The Kier molecular flexibility index (Phi) is 7.75. The summed E-state index contributed by atoms with van der Waals surface area (Å²) < 4.78 is 0. The molecule has 1 unspecified atom stereocenters. The zero-order chi connectivity index (χ0) is 20.4. The number of rotatable bonds is 10. The maximum absolute atomic E-state index is 12.1. The summed E-state index contributed by atoms with van der Waals surface area (Å²) in [5.74, 6) is -1.43. The highest BCUT2D eigenvalue weighted by Gasteiger charge is 2.38. The summed E-state index contributed by atoms with van der Waals surface area (Å²) in [6.45, 7) is 1.99. The molecule has 1 atom stereocenters. The van der Waals surface area contributed by atoms with Crippen molar-refractivity contribution in [1.29, 1.82) is 0 Å². The van der Waals surface area contributed by atoms with Crippen LogP contribution >= 0.6 is 0 Å². The SMILES string of the molecule is CCC(CNC(=O)CCNC(=O)Cc1ccccc1)(C(=O)O)c1ccccc1. The molecule has 0 radical (unpaired) electrons. The molecule has 0 aliphatic carbocycles. The van der Waals surface area contributed by atoms with E-state index in [-0.39, 0.29) is 37.7 Å². The van der Waals surface area contributed by atoms with Crippen LogP contribution in [0.2, 0.25) is 0 Å². The Hall–Kier alpha value is -3.15. The molecule has 0 fully saturated rings. The number of carboxylic acid groups (broad SMARTS) is 1. The van der Waals surface area contributed by atoms with Gasteiger partial charge in [0.25, 0.3) is 0 Å². The van der Waals surface area contributed by atoms with E-state index >= 15 is 0 Å². The molecule has 0 saturated heterocycles. The van der Waals surface area contributed by atoms with Gasteiger partial charge in [-0.1, -0.05) is 67.6 Å². The Labute approximate surface area is 165 Å². The molecule has 6 heteroatoms. The number of amides is 2. The molecule has 0 aromatic heterocycles. The van der Waals surface area contributed by atoms with Gasteiger partial charge in [-0.3, -0.25) is 14.4 Å². The van der Waals surface area contributed by atoms with Crippen molar-refractivity contribution in [2.45, 2.75) is 31.6 Å². The lowest BCUT2D eigenvalue weighted by Crippen LogP contribution is -2.46. The number of carbonyl (C=O) groups excluding carboxylic acids is 2. The van der Waals surface area contributed by atoms with Crippen LogP contribution in [0.3, 0.4) is 0 Å². The van der Waals surface area contributed by atoms with E-state index in [1.165, 1.54) is 0 Å². The molecular formula is C22H26N2O4. The zero-order valence-electron chi connectivity index (χ0n) is 16.0. The fourth-order valence-corrected chi connectivity index (χ4v) is 3.04. The van der Waals surface area contributed by atoms with Crippen LogP contribution in [0.25, 0.3) is 0 Å². The number of aliphatic carboxylic acids is 1. The molecular weight excluding hydrogens is 356 g/mol. The largest absolute Gasteiger partial charge is 0.481 e. The second-order valence-corrected chi connectivity index (χ2v) is 6.65. The maximum Gasteiger partial charge on any atom is 0.315 e. The molecule has 2 rings (SSSR count). The third-order valence-electron chi connectivity index (χ3n) is 4.81. The normalized spacial score (nSPS) is 12.6. The van der Waals surface area contributed by atoms with Gasteiger partial charge in [0, 0.05) is 19.5 Å². The number of carboxylic acids is 1. The van der Waals surface area contributed by atoms with Crippen molar-refractivity contribution in [1.82, 2.24) is 10.6 Å². The lowest BCUT2D eigenvalue weighted by molar-refractivity contribution is -0.144. The number of hydrogen-bond acceptors (Lipinski definition) is 3. The monoisotopic (exact) mass is 382 g/mol. The highest BCUT2D eigenvalue weighted by atomic mass is 16.4. The van der Waals surface area contributed by atoms with Gasteiger partial charge in [-0.2, -0.15) is 0 Å². The first-order valence-electron chi connectivity index (χ1n) is 9.34. The van der Waals surface area contributed by atoms with Gasteiger partial charge >= 0.3 is 5.97 Å². The molecule has 0 bridgehead atoms. The summed E-state index contributed by atoms with van der Waals surface area (Å²) in [4.78, 5) is 36.0. The van der Waals surface area contributed by atoms with Crippen LogP contribution in [0.5, 0.6) is 0 Å². The smallest absolute Gasteiger partial charge is 0.315 e. The van der Waals surface area contributed by atoms with Crippen LogP contribution in [-0.2, 0) is 26.2 Å². The average Bonchev–Trinajstić information content (AvgIpc) is 2.70. The third-order valence-corrected chi connectivity index (χ3v) is 4.81. The Balaban J connectivity index is 1.83. The van der Waals surface area contributed by atoms with Crippen molar-refractivity contribution in [2.75, 3.05) is 13.1 Å². The molecule has 2 aromatic rings. The van der Waals surface area contributed by atoms with Crippen LogP contribution < -0.4 is 10.6 Å². The predicted octanol–water partition coefficient (Wildman–Crippen LogP) is 2.28. The van der Waals surface area contributed by atoms with Crippen molar-refractivity contribution in [3.63, 3.8) is 0 Å². The van der Waals surface area contributed by atoms with Crippen LogP contribution in [0, 0.1) is 0 Å². The Morgan fingerprint density at radius 1 is 0.893 bits per heavy atom. The van der Waals surface area contributed by atoms with Crippen molar-refractivity contribution in [2.24, 2.45) is 0 Å². The van der Waals surface area contributed by atoms with Crippen molar-refractivity contribution < 1.29 is 19.5 Å². The van der Waals surface area contributed by atoms with Gasteiger partial charge < -0.3 is 15.7 Å². The molecule has 0 aliphatic heterocycles. The highest BCUT2D eigenvalue weighted by Crippen LogP contribution is 2.27. The first kappa shape index (κ1) is 21.2. The van der Waals surface area contributed by atoms with Gasteiger partial charge in [0.05, 0.1) is 6.42 Å². The topological polar surface area (TPSA) is 95.5 Å². The van der Waals surface area contributed by atoms with Gasteiger partial charge in [0.2, 0.25) is 11.8 Å². The zero-order valence-corrected chi connectivity index (χ0v) is 16.0. The van der Waals surface area contributed by atoms with E-state index in [0.29, 0.717) is 12.0 Å². The summed E-state index contributed by atoms with van der Waals surface area (Å²) in [5, 5.41) is 15.2. The minimum absolute atomic E-state index is 0.000355. The number of hydrogen-bond donors (Lipinski definition) is 3. The van der Waals surface area contributed by atoms with E-state index in [0.717, 1.165) is 5.56 Å². The molecule has 0 heterocycles. The number of nitrogens with one attached hydrogen (secondary N) is 2. The molecule has 0 saturated carbocycles. The van der Waals surface area contributed by atoms with Gasteiger partial charge in [-0.05, 0) is 17.5 Å². The summed E-state index contributed by atoms with van der Waals surface area (Å²) in [6, 6.07) is 18.3. The average molecular weight is 382 g/mol. The highest BCUT2D eigenvalue weighted by molar-refractivity contribution is 5.84. The predicted molar refractivity (Wildman–Crippen MR) is 107 cm³/mol. The molecule has 28 heavy (non-hydrogen) atoms. The maximum atomic E-state index is 12.1. The quantitative estimate of drug-likeness (QED) is 0.587. The fourth-order valence-electron chi connectivity index (χ4n) is 3.04. The molecule has 6 nitrogen and oxygen atoms in total. The van der Waals surface area contributed by atoms with Crippen LogP contribution in [0.15, 0.2) is 60.7 Å². The second kappa shape index (κ2) is 10.3. The number of carbonyl (C=O) groups is 3. The summed E-state index contributed by atoms with van der Waals surface area (Å²) in [5.41, 5.74) is 0.385. The summed E-state index contributed by atoms with van der Waals surface area (Å²) >= 11 is 0. The summed E-state index contributed by atoms with van der Waals surface area (Å²) in [6.07, 6.45) is 0.698. The second-order valence-electron chi connectivity index (χ2n) is 6.65. The lowest BCUT2D eigenvalue weighted by atomic mass is 9.78. The molecule has 148 valence electrons. The van der Waals surface area contributed by atoms with E-state index in [2.05, 4.69) is 10.6 Å². The van der Waals surface area contributed by atoms with Crippen molar-refractivity contribution in [3.8, 4) is 0 Å². The Morgan fingerprint density at radius 2 is 1.50 bits per heavy atom. The molecule has 2 aromatic carbocycles. The lowest BCUT2D eigenvalue weighted by Gasteiger charge is -2.29. The van der Waals surface area contributed by atoms with Crippen LogP contribution in [0.4, 0.5) is 0 Å². The summed E-state index contributed by atoms with van der Waals surface area (Å²) in [7, 11) is 0. The number of benzene rings is 2. The standard InChI is InChI=1S/C22H26N2O4/c1-2-22(21(27)28,18-11-7-4-8-12-18)16-24-19(25)13-14-23-20(26)15-17-9-5-3-6-10-17/h3-12H,2,13-16H2,1H3,(H,23,26)(H,24,25)(H,27,28). The van der Waals surface area contributed by atoms with E-state index in [1.807, 2.05) is 36.4 Å².